The first-order chi connectivity index (χ1) is 9.18. The fourth-order valence-corrected chi connectivity index (χ4v) is 2.53. The molecule has 0 spiro atoms. The van der Waals surface area contributed by atoms with Crippen LogP contribution in [0.2, 0.25) is 5.15 Å². The molecule has 1 N–H and O–H groups in total. The van der Waals surface area contributed by atoms with Gasteiger partial charge >= 0.3 is 0 Å². The largest absolute Gasteiger partial charge is 0.356 e. The van der Waals surface area contributed by atoms with Gasteiger partial charge in [0.1, 0.15) is 17.0 Å². The Hall–Kier alpha value is -1.87. The topological polar surface area (TPSA) is 41.6 Å². The zero-order valence-electron chi connectivity index (χ0n) is 10.8. The lowest BCUT2D eigenvalue weighted by Gasteiger charge is -2.02. The van der Waals surface area contributed by atoms with Gasteiger partial charge in [-0.25, -0.2) is 9.97 Å². The lowest BCUT2D eigenvalue weighted by atomic mass is 10.1. The second-order valence-corrected chi connectivity index (χ2v) is 5.18. The number of hydrogen-bond donors (Lipinski definition) is 1. The van der Waals surface area contributed by atoms with E-state index in [-0.39, 0.29) is 0 Å². The van der Waals surface area contributed by atoms with Crippen molar-refractivity contribution in [3.8, 4) is 11.3 Å². The molecule has 96 valence electrons. The summed E-state index contributed by atoms with van der Waals surface area (Å²) in [7, 11) is 0. The Morgan fingerprint density at radius 2 is 1.84 bits per heavy atom. The minimum Gasteiger partial charge on any atom is -0.356 e. The lowest BCUT2D eigenvalue weighted by Crippen LogP contribution is -1.89. The highest BCUT2D eigenvalue weighted by molar-refractivity contribution is 6.34. The molecule has 2 heterocycles. The van der Waals surface area contributed by atoms with Gasteiger partial charge in [0.2, 0.25) is 0 Å². The molecule has 0 amide bonds. The summed E-state index contributed by atoms with van der Waals surface area (Å²) in [6.07, 6.45) is 1.51. The van der Waals surface area contributed by atoms with Gasteiger partial charge in [-0.2, -0.15) is 0 Å². The van der Waals surface area contributed by atoms with E-state index in [1.54, 1.807) is 0 Å². The van der Waals surface area contributed by atoms with Gasteiger partial charge in [0, 0.05) is 11.3 Å². The number of hydrogen-bond acceptors (Lipinski definition) is 2. The Balaban J connectivity index is 2.36. The quantitative estimate of drug-likeness (QED) is 0.702. The Kier molecular flexibility index (Phi) is 2.99. The van der Waals surface area contributed by atoms with Gasteiger partial charge in [0.05, 0.1) is 11.1 Å². The summed E-state index contributed by atoms with van der Waals surface area (Å²) in [5.41, 5.74) is 4.08. The normalized spacial score (nSPS) is 11.4. The molecule has 0 atom stereocenters. The summed E-state index contributed by atoms with van der Waals surface area (Å²) in [4.78, 5) is 11.9. The third kappa shape index (κ3) is 2.00. The molecule has 2 aromatic heterocycles. The molecular weight excluding hydrogens is 258 g/mol. The first-order valence-electron chi connectivity index (χ1n) is 6.26. The average Bonchev–Trinajstić information content (AvgIpc) is 2.81. The van der Waals surface area contributed by atoms with Crippen LogP contribution in [0.3, 0.4) is 0 Å². The van der Waals surface area contributed by atoms with E-state index < -0.39 is 0 Å². The summed E-state index contributed by atoms with van der Waals surface area (Å²) in [5, 5.41) is 1.44. The van der Waals surface area contributed by atoms with Crippen LogP contribution in [0.25, 0.3) is 22.2 Å². The molecule has 0 unspecified atom stereocenters. The molecule has 3 nitrogen and oxygen atoms in total. The predicted molar refractivity (Wildman–Crippen MR) is 78.4 cm³/mol. The smallest absolute Gasteiger partial charge is 0.142 e. The molecule has 0 saturated heterocycles. The number of aromatic amines is 1. The minimum absolute atomic E-state index is 0.337. The van der Waals surface area contributed by atoms with Crippen LogP contribution < -0.4 is 0 Å². The molecule has 0 aliphatic heterocycles. The Labute approximate surface area is 116 Å². The van der Waals surface area contributed by atoms with Crippen LogP contribution in [-0.2, 0) is 0 Å². The van der Waals surface area contributed by atoms with Crippen LogP contribution in [0.5, 0.6) is 0 Å². The second kappa shape index (κ2) is 4.67. The van der Waals surface area contributed by atoms with Crippen LogP contribution in [0, 0.1) is 0 Å². The molecule has 0 aliphatic rings. The number of nitrogens with one attached hydrogen (secondary N) is 1. The van der Waals surface area contributed by atoms with E-state index >= 15 is 0 Å². The first kappa shape index (κ1) is 12.2. The third-order valence-electron chi connectivity index (χ3n) is 3.21. The summed E-state index contributed by atoms with van der Waals surface area (Å²) < 4.78 is 0. The van der Waals surface area contributed by atoms with E-state index in [1.165, 1.54) is 6.33 Å². The highest BCUT2D eigenvalue weighted by atomic mass is 35.5. The maximum Gasteiger partial charge on any atom is 0.142 e. The SMILES string of the molecule is CC(C)c1[nH]c(-c2ccccc2)c2ncnc(Cl)c12. The highest BCUT2D eigenvalue weighted by Crippen LogP contribution is 2.35. The monoisotopic (exact) mass is 271 g/mol. The lowest BCUT2D eigenvalue weighted by molar-refractivity contribution is 0.841. The minimum atomic E-state index is 0.337. The van der Waals surface area contributed by atoms with Gasteiger partial charge in [-0.15, -0.1) is 0 Å². The van der Waals surface area contributed by atoms with Crippen LogP contribution in [0.4, 0.5) is 0 Å². The zero-order valence-corrected chi connectivity index (χ0v) is 11.6. The van der Waals surface area contributed by atoms with Gasteiger partial charge in [-0.05, 0) is 5.92 Å². The fourth-order valence-electron chi connectivity index (χ4n) is 2.30. The van der Waals surface area contributed by atoms with E-state index in [2.05, 4.69) is 40.9 Å². The maximum atomic E-state index is 6.24. The van der Waals surface area contributed by atoms with Crippen molar-refractivity contribution in [1.29, 1.82) is 0 Å². The number of nitrogens with zero attached hydrogens (tertiary/aromatic N) is 2. The van der Waals surface area contributed by atoms with Gasteiger partial charge in [-0.1, -0.05) is 55.8 Å². The number of aromatic nitrogens is 3. The molecule has 3 aromatic rings. The zero-order chi connectivity index (χ0) is 13.4. The number of halogens is 1. The van der Waals surface area contributed by atoms with Crippen molar-refractivity contribution in [1.82, 2.24) is 15.0 Å². The third-order valence-corrected chi connectivity index (χ3v) is 3.49. The molecule has 3 rings (SSSR count). The summed E-state index contributed by atoms with van der Waals surface area (Å²) in [6.45, 7) is 4.26. The van der Waals surface area contributed by atoms with Crippen LogP contribution in [0.15, 0.2) is 36.7 Å². The number of fused-ring (bicyclic) bond motifs is 1. The van der Waals surface area contributed by atoms with Crippen molar-refractivity contribution in [2.75, 3.05) is 0 Å². The summed E-state index contributed by atoms with van der Waals surface area (Å²) in [5.74, 6) is 0.337. The molecular formula is C15H14ClN3. The maximum absolute atomic E-state index is 6.24. The molecule has 0 fully saturated rings. The van der Waals surface area contributed by atoms with Crippen LogP contribution >= 0.6 is 11.6 Å². The second-order valence-electron chi connectivity index (χ2n) is 4.82. The first-order valence-corrected chi connectivity index (χ1v) is 6.63. The van der Waals surface area contributed by atoms with Crippen molar-refractivity contribution >= 4 is 22.5 Å². The van der Waals surface area contributed by atoms with E-state index in [1.807, 2.05) is 18.2 Å². The number of H-pyrrole nitrogens is 1. The van der Waals surface area contributed by atoms with Gasteiger partial charge in [0.25, 0.3) is 0 Å². The summed E-state index contributed by atoms with van der Waals surface area (Å²) >= 11 is 6.24. The number of benzene rings is 1. The van der Waals surface area contributed by atoms with E-state index in [0.717, 1.165) is 27.9 Å². The van der Waals surface area contributed by atoms with Gasteiger partial charge in [0.15, 0.2) is 0 Å². The predicted octanol–water partition coefficient (Wildman–Crippen LogP) is 4.40. The molecule has 0 saturated carbocycles. The highest BCUT2D eigenvalue weighted by Gasteiger charge is 2.18. The molecule has 0 bridgehead atoms. The van der Waals surface area contributed by atoms with Crippen molar-refractivity contribution in [2.24, 2.45) is 0 Å². The summed E-state index contributed by atoms with van der Waals surface area (Å²) in [6, 6.07) is 10.1. The standard InChI is InChI=1S/C15H14ClN3/c1-9(2)12-11-14(17-8-18-15(11)16)13(19-12)10-6-4-3-5-7-10/h3-9,19H,1-2H3. The number of rotatable bonds is 2. The molecule has 19 heavy (non-hydrogen) atoms. The molecule has 0 radical (unpaired) electrons. The fraction of sp³-hybridized carbons (Fsp3) is 0.200. The Bertz CT molecular complexity index is 717. The van der Waals surface area contributed by atoms with Crippen molar-refractivity contribution in [3.63, 3.8) is 0 Å². The van der Waals surface area contributed by atoms with Crippen LogP contribution in [-0.4, -0.2) is 15.0 Å². The van der Waals surface area contributed by atoms with E-state index in [4.69, 9.17) is 11.6 Å². The van der Waals surface area contributed by atoms with Crippen molar-refractivity contribution in [3.05, 3.63) is 47.5 Å². The Morgan fingerprint density at radius 1 is 1.11 bits per heavy atom. The molecule has 4 heteroatoms. The van der Waals surface area contributed by atoms with E-state index in [0.29, 0.717) is 11.1 Å². The van der Waals surface area contributed by atoms with Crippen molar-refractivity contribution < 1.29 is 0 Å². The van der Waals surface area contributed by atoms with Gasteiger partial charge < -0.3 is 4.98 Å². The van der Waals surface area contributed by atoms with Crippen molar-refractivity contribution in [2.45, 2.75) is 19.8 Å². The Morgan fingerprint density at radius 3 is 2.53 bits per heavy atom. The van der Waals surface area contributed by atoms with E-state index in [9.17, 15) is 0 Å². The average molecular weight is 272 g/mol. The van der Waals surface area contributed by atoms with Crippen LogP contribution in [0.1, 0.15) is 25.5 Å². The van der Waals surface area contributed by atoms with Gasteiger partial charge in [-0.3, -0.25) is 0 Å². The molecule has 0 aliphatic carbocycles. The molecule has 1 aromatic carbocycles.